The van der Waals surface area contributed by atoms with Crippen LogP contribution in [0.4, 0.5) is 29.2 Å². The summed E-state index contributed by atoms with van der Waals surface area (Å²) in [6, 6.07) is 28.0. The number of rotatable bonds is 8. The molecule has 3 aromatic carbocycles. The zero-order valence-corrected chi connectivity index (χ0v) is 20.2. The molecule has 0 saturated heterocycles. The standard InChI is InChI=1S/C26H19Cl2N7O/c27-17-11-13-21(22(28)15-17)23-14-12-20(36-23)16-29-35-26-33-24(30-18-7-3-1-4-8-18)32-25(34-26)31-19-9-5-2-6-10-19/h1-16H,(H3,30,31,32,33,34,35). The topological polar surface area (TPSA) is 100 Å². The van der Waals surface area contributed by atoms with Gasteiger partial charge in [0.05, 0.1) is 11.2 Å². The van der Waals surface area contributed by atoms with Gasteiger partial charge in [-0.1, -0.05) is 59.6 Å². The first-order valence-electron chi connectivity index (χ1n) is 10.9. The van der Waals surface area contributed by atoms with Crippen molar-refractivity contribution in [1.82, 2.24) is 15.0 Å². The second-order valence-electron chi connectivity index (χ2n) is 7.48. The Morgan fingerprint density at radius 2 is 1.31 bits per heavy atom. The zero-order chi connectivity index (χ0) is 24.7. The van der Waals surface area contributed by atoms with E-state index >= 15 is 0 Å². The Kier molecular flexibility index (Phi) is 7.07. The maximum absolute atomic E-state index is 6.28. The second-order valence-corrected chi connectivity index (χ2v) is 8.33. The van der Waals surface area contributed by atoms with Crippen LogP contribution in [0.1, 0.15) is 5.76 Å². The number of nitrogens with zero attached hydrogens (tertiary/aromatic N) is 4. The first-order chi connectivity index (χ1) is 17.6. The Balaban J connectivity index is 1.35. The van der Waals surface area contributed by atoms with Gasteiger partial charge in [0.2, 0.25) is 17.8 Å². The Morgan fingerprint density at radius 3 is 1.92 bits per heavy atom. The quantitative estimate of drug-likeness (QED) is 0.146. The normalized spacial score (nSPS) is 10.9. The van der Waals surface area contributed by atoms with Crippen LogP contribution in [0.25, 0.3) is 11.3 Å². The molecule has 0 radical (unpaired) electrons. The predicted octanol–water partition coefficient (Wildman–Crippen LogP) is 7.37. The highest BCUT2D eigenvalue weighted by Crippen LogP contribution is 2.31. The van der Waals surface area contributed by atoms with Gasteiger partial charge in [-0.05, 0) is 54.6 Å². The fourth-order valence-electron chi connectivity index (χ4n) is 3.25. The van der Waals surface area contributed by atoms with Crippen LogP contribution in [0.5, 0.6) is 0 Å². The lowest BCUT2D eigenvalue weighted by Crippen LogP contribution is -2.07. The van der Waals surface area contributed by atoms with Crippen LogP contribution >= 0.6 is 23.2 Å². The largest absolute Gasteiger partial charge is 0.455 e. The van der Waals surface area contributed by atoms with Gasteiger partial charge in [-0.25, -0.2) is 5.43 Å². The average Bonchev–Trinajstić information content (AvgIpc) is 3.34. The molecular weight excluding hydrogens is 497 g/mol. The lowest BCUT2D eigenvalue weighted by atomic mass is 10.2. The third-order valence-corrected chi connectivity index (χ3v) is 5.42. The summed E-state index contributed by atoms with van der Waals surface area (Å²) in [5.74, 6) is 2.06. The van der Waals surface area contributed by atoms with Crippen molar-refractivity contribution in [3.05, 3.63) is 107 Å². The van der Waals surface area contributed by atoms with Crippen molar-refractivity contribution in [3.63, 3.8) is 0 Å². The van der Waals surface area contributed by atoms with Crippen LogP contribution in [-0.2, 0) is 0 Å². The number of hydrogen-bond acceptors (Lipinski definition) is 8. The fourth-order valence-corrected chi connectivity index (χ4v) is 3.75. The molecule has 0 fully saturated rings. The van der Waals surface area contributed by atoms with E-state index in [0.29, 0.717) is 33.5 Å². The number of nitrogens with one attached hydrogen (secondary N) is 3. The summed E-state index contributed by atoms with van der Waals surface area (Å²) in [7, 11) is 0. The molecular formula is C26H19Cl2N7O. The van der Waals surface area contributed by atoms with Crippen LogP contribution < -0.4 is 16.1 Å². The van der Waals surface area contributed by atoms with Gasteiger partial charge in [0.1, 0.15) is 11.5 Å². The SMILES string of the molecule is Clc1ccc(-c2ccc(C=NNc3nc(Nc4ccccc4)nc(Nc4ccccc4)n3)o2)c(Cl)c1. The Morgan fingerprint density at radius 1 is 0.694 bits per heavy atom. The van der Waals surface area contributed by atoms with E-state index in [4.69, 9.17) is 27.6 Å². The van der Waals surface area contributed by atoms with Gasteiger partial charge < -0.3 is 15.1 Å². The van der Waals surface area contributed by atoms with Crippen molar-refractivity contribution in [2.24, 2.45) is 5.10 Å². The van der Waals surface area contributed by atoms with E-state index in [1.165, 1.54) is 6.21 Å². The van der Waals surface area contributed by atoms with Crippen LogP contribution in [0.3, 0.4) is 0 Å². The molecule has 8 nitrogen and oxygen atoms in total. The molecule has 0 aliphatic rings. The van der Waals surface area contributed by atoms with E-state index in [2.05, 4.69) is 36.1 Å². The molecule has 0 saturated carbocycles. The first kappa shape index (κ1) is 23.3. The summed E-state index contributed by atoms with van der Waals surface area (Å²) in [5, 5.41) is 11.6. The molecule has 0 aliphatic carbocycles. The second kappa shape index (κ2) is 10.9. The number of para-hydroxylation sites is 2. The third-order valence-electron chi connectivity index (χ3n) is 4.87. The van der Waals surface area contributed by atoms with Crippen molar-refractivity contribution in [3.8, 4) is 11.3 Å². The monoisotopic (exact) mass is 515 g/mol. The van der Waals surface area contributed by atoms with Gasteiger partial charge in [-0.3, -0.25) is 0 Å². The smallest absolute Gasteiger partial charge is 0.250 e. The molecule has 5 rings (SSSR count). The molecule has 178 valence electrons. The summed E-state index contributed by atoms with van der Waals surface area (Å²) < 4.78 is 5.84. The van der Waals surface area contributed by atoms with E-state index in [9.17, 15) is 0 Å². The predicted molar refractivity (Wildman–Crippen MR) is 145 cm³/mol. The molecule has 0 spiro atoms. The van der Waals surface area contributed by atoms with Gasteiger partial charge >= 0.3 is 0 Å². The van der Waals surface area contributed by atoms with Crippen LogP contribution in [0.2, 0.25) is 10.0 Å². The number of hydrazone groups is 1. The maximum Gasteiger partial charge on any atom is 0.250 e. The highest BCUT2D eigenvalue weighted by Gasteiger charge is 2.10. The Hall–Kier alpha value is -4.40. The van der Waals surface area contributed by atoms with Gasteiger partial charge in [-0.2, -0.15) is 20.1 Å². The lowest BCUT2D eigenvalue weighted by Gasteiger charge is -2.10. The summed E-state index contributed by atoms with van der Waals surface area (Å²) in [4.78, 5) is 13.3. The van der Waals surface area contributed by atoms with Crippen LogP contribution in [-0.4, -0.2) is 21.2 Å². The van der Waals surface area contributed by atoms with Crippen LogP contribution in [0, 0.1) is 0 Å². The van der Waals surface area contributed by atoms with Crippen molar-refractivity contribution >= 4 is 58.6 Å². The van der Waals surface area contributed by atoms with E-state index in [1.54, 1.807) is 24.3 Å². The minimum absolute atomic E-state index is 0.241. The summed E-state index contributed by atoms with van der Waals surface area (Å²) in [6.07, 6.45) is 1.52. The average molecular weight is 516 g/mol. The first-order valence-corrected chi connectivity index (χ1v) is 11.6. The molecule has 0 bridgehead atoms. The van der Waals surface area contributed by atoms with E-state index in [-0.39, 0.29) is 5.95 Å². The summed E-state index contributed by atoms with van der Waals surface area (Å²) in [6.45, 7) is 0. The molecule has 3 N–H and O–H groups in total. The molecule has 2 heterocycles. The number of hydrogen-bond donors (Lipinski definition) is 3. The van der Waals surface area contributed by atoms with Crippen molar-refractivity contribution < 1.29 is 4.42 Å². The number of anilines is 5. The van der Waals surface area contributed by atoms with Gasteiger partial charge in [-0.15, -0.1) is 0 Å². The molecule has 2 aromatic heterocycles. The summed E-state index contributed by atoms with van der Waals surface area (Å²) in [5.41, 5.74) is 5.25. The molecule has 0 unspecified atom stereocenters. The highest BCUT2D eigenvalue weighted by atomic mass is 35.5. The molecule has 0 atom stereocenters. The molecule has 36 heavy (non-hydrogen) atoms. The van der Waals surface area contributed by atoms with Gasteiger partial charge in [0, 0.05) is 22.0 Å². The number of aromatic nitrogens is 3. The fraction of sp³-hybridized carbons (Fsp3) is 0. The van der Waals surface area contributed by atoms with Gasteiger partial charge in [0.25, 0.3) is 0 Å². The van der Waals surface area contributed by atoms with E-state index in [0.717, 1.165) is 16.9 Å². The zero-order valence-electron chi connectivity index (χ0n) is 18.7. The third kappa shape index (κ3) is 5.99. The molecule has 5 aromatic rings. The Labute approximate surface area is 217 Å². The van der Waals surface area contributed by atoms with Crippen LogP contribution in [0.15, 0.2) is 101 Å². The van der Waals surface area contributed by atoms with Crippen molar-refractivity contribution in [1.29, 1.82) is 0 Å². The minimum atomic E-state index is 0.241. The number of halogens is 2. The molecule has 0 amide bonds. The molecule has 10 heteroatoms. The maximum atomic E-state index is 6.28. The number of benzene rings is 3. The van der Waals surface area contributed by atoms with E-state index in [1.807, 2.05) is 66.7 Å². The number of furan rings is 1. The van der Waals surface area contributed by atoms with Gasteiger partial charge in [0.15, 0.2) is 0 Å². The van der Waals surface area contributed by atoms with E-state index < -0.39 is 0 Å². The Bertz CT molecular complexity index is 1430. The van der Waals surface area contributed by atoms with Crippen molar-refractivity contribution in [2.45, 2.75) is 0 Å². The lowest BCUT2D eigenvalue weighted by molar-refractivity contribution is 0.575. The highest BCUT2D eigenvalue weighted by molar-refractivity contribution is 6.36. The minimum Gasteiger partial charge on any atom is -0.455 e. The molecule has 0 aliphatic heterocycles. The van der Waals surface area contributed by atoms with Crippen molar-refractivity contribution in [2.75, 3.05) is 16.1 Å². The summed E-state index contributed by atoms with van der Waals surface area (Å²) >= 11 is 12.3.